The Balaban J connectivity index is 1.83. The lowest BCUT2D eigenvalue weighted by atomic mass is 10.2. The van der Waals surface area contributed by atoms with E-state index in [0.29, 0.717) is 5.37 Å². The second-order valence-electron chi connectivity index (χ2n) is 4.23. The maximum absolute atomic E-state index is 5.41. The van der Waals surface area contributed by atoms with Crippen molar-refractivity contribution in [2.24, 2.45) is 0 Å². The van der Waals surface area contributed by atoms with Gasteiger partial charge in [0.1, 0.15) is 0 Å². The molecule has 4 nitrogen and oxygen atoms in total. The molecule has 6 heteroatoms. The number of rotatable bonds is 5. The monoisotopic (exact) mass is 292 g/mol. The van der Waals surface area contributed by atoms with E-state index >= 15 is 0 Å². The zero-order valence-corrected chi connectivity index (χ0v) is 12.2. The smallest absolute Gasteiger partial charge is 0.221 e. The number of aromatic nitrogens is 2. The molecule has 1 unspecified atom stereocenters. The van der Waals surface area contributed by atoms with Gasteiger partial charge in [0.2, 0.25) is 5.88 Å². The number of thioether (sulfide) groups is 1. The van der Waals surface area contributed by atoms with Crippen LogP contribution in [0.4, 0.5) is 5.88 Å². The second kappa shape index (κ2) is 5.79. The molecule has 2 aromatic heterocycles. The van der Waals surface area contributed by atoms with E-state index < -0.39 is 0 Å². The van der Waals surface area contributed by atoms with Crippen LogP contribution in [0.1, 0.15) is 31.1 Å². The minimum absolute atomic E-state index is 0.338. The van der Waals surface area contributed by atoms with Gasteiger partial charge in [-0.05, 0) is 6.42 Å². The topological polar surface area (TPSA) is 42.2 Å². The van der Waals surface area contributed by atoms with Crippen molar-refractivity contribution in [2.75, 3.05) is 4.90 Å². The molecule has 2 aromatic rings. The third-order valence-electron chi connectivity index (χ3n) is 2.88. The van der Waals surface area contributed by atoms with E-state index in [1.165, 1.54) is 19.2 Å². The molecule has 99 valence electrons. The summed E-state index contributed by atoms with van der Waals surface area (Å²) in [4.78, 5) is 12.5. The van der Waals surface area contributed by atoms with Crippen LogP contribution in [-0.2, 0) is 0 Å². The highest BCUT2D eigenvalue weighted by Gasteiger charge is 2.29. The summed E-state index contributed by atoms with van der Waals surface area (Å²) in [6.45, 7) is 2.21. The van der Waals surface area contributed by atoms with Gasteiger partial charge in [0, 0.05) is 6.20 Å². The third-order valence-corrected chi connectivity index (χ3v) is 5.07. The van der Waals surface area contributed by atoms with Gasteiger partial charge in [0.15, 0.2) is 6.39 Å². The van der Waals surface area contributed by atoms with Crippen LogP contribution < -0.4 is 4.90 Å². The highest BCUT2D eigenvalue weighted by molar-refractivity contribution is 8.09. The first-order valence-electron chi connectivity index (χ1n) is 6.25. The van der Waals surface area contributed by atoms with Crippen molar-refractivity contribution < 1.29 is 4.42 Å². The van der Waals surface area contributed by atoms with Crippen LogP contribution in [0.3, 0.4) is 0 Å². The van der Waals surface area contributed by atoms with E-state index in [9.17, 15) is 0 Å². The number of anilines is 1. The largest absolute Gasteiger partial charge is 0.428 e. The third kappa shape index (κ3) is 2.69. The molecule has 1 aliphatic heterocycles. The molecule has 0 saturated heterocycles. The molecule has 3 rings (SSSR count). The van der Waals surface area contributed by atoms with E-state index in [1.807, 2.05) is 23.5 Å². The molecule has 0 bridgehead atoms. The van der Waals surface area contributed by atoms with E-state index in [-0.39, 0.29) is 0 Å². The van der Waals surface area contributed by atoms with Gasteiger partial charge >= 0.3 is 0 Å². The summed E-state index contributed by atoms with van der Waals surface area (Å²) in [5.74, 6) is 0.758. The maximum atomic E-state index is 5.41. The Kier molecular flexibility index (Phi) is 3.89. The van der Waals surface area contributed by atoms with Crippen molar-refractivity contribution in [1.82, 2.24) is 9.97 Å². The Hall–Kier alpha value is -1.27. The molecule has 0 N–H and O–H groups in total. The summed E-state index contributed by atoms with van der Waals surface area (Å²) >= 11 is 3.47. The molecule has 0 amide bonds. The molecular weight excluding hydrogens is 278 g/mol. The SMILES string of the molecule is CCCCC1SC(c2cncs2)=[C]N1c1cnco1. The summed E-state index contributed by atoms with van der Waals surface area (Å²) in [5.41, 5.74) is 1.85. The first-order valence-corrected chi connectivity index (χ1v) is 8.01. The molecule has 0 saturated carbocycles. The Labute approximate surface area is 120 Å². The van der Waals surface area contributed by atoms with Gasteiger partial charge in [0.25, 0.3) is 0 Å². The van der Waals surface area contributed by atoms with Gasteiger partial charge in [-0.3, -0.25) is 9.88 Å². The molecule has 0 aromatic carbocycles. The summed E-state index contributed by atoms with van der Waals surface area (Å²) < 4.78 is 5.41. The highest BCUT2D eigenvalue weighted by Crippen LogP contribution is 2.43. The zero-order chi connectivity index (χ0) is 13.1. The zero-order valence-electron chi connectivity index (χ0n) is 10.6. The molecule has 3 heterocycles. The summed E-state index contributed by atoms with van der Waals surface area (Å²) in [6, 6.07) is 0. The van der Waals surface area contributed by atoms with Crippen molar-refractivity contribution in [3.05, 3.63) is 35.4 Å². The number of thiazole rings is 1. The number of unbranched alkanes of at least 4 members (excludes halogenated alkanes) is 1. The average molecular weight is 292 g/mol. The van der Waals surface area contributed by atoms with E-state index in [0.717, 1.165) is 22.1 Å². The van der Waals surface area contributed by atoms with Gasteiger partial charge < -0.3 is 4.42 Å². The molecule has 1 aliphatic rings. The molecule has 1 atom stereocenters. The van der Waals surface area contributed by atoms with Crippen molar-refractivity contribution in [3.8, 4) is 0 Å². The van der Waals surface area contributed by atoms with Crippen LogP contribution in [0, 0.1) is 6.20 Å². The highest BCUT2D eigenvalue weighted by atomic mass is 32.2. The quantitative estimate of drug-likeness (QED) is 0.833. The van der Waals surface area contributed by atoms with Crippen LogP contribution in [0.2, 0.25) is 0 Å². The van der Waals surface area contributed by atoms with Gasteiger partial charge in [-0.1, -0.05) is 31.5 Å². The average Bonchev–Trinajstić information content (AvgIpc) is 3.14. The Morgan fingerprint density at radius 1 is 1.42 bits per heavy atom. The number of hydrogen-bond acceptors (Lipinski definition) is 6. The van der Waals surface area contributed by atoms with Crippen molar-refractivity contribution in [2.45, 2.75) is 31.6 Å². The van der Waals surface area contributed by atoms with Crippen LogP contribution in [0.25, 0.3) is 4.91 Å². The van der Waals surface area contributed by atoms with E-state index in [4.69, 9.17) is 4.42 Å². The van der Waals surface area contributed by atoms with E-state index in [1.54, 1.807) is 17.5 Å². The molecular formula is C13H14N3OS2. The fourth-order valence-corrected chi connectivity index (χ4v) is 3.87. The lowest BCUT2D eigenvalue weighted by molar-refractivity contribution is 0.540. The standard InChI is InChI=1S/C13H14N3OS2/c1-2-3-4-13-16(12-6-14-8-17-12)7-11(19-13)10-5-15-9-18-10/h5-6,8-9,13H,2-4H2,1H3. The van der Waals surface area contributed by atoms with Crippen molar-refractivity contribution >= 4 is 33.9 Å². The summed E-state index contributed by atoms with van der Waals surface area (Å²) in [5, 5.41) is 0.338. The van der Waals surface area contributed by atoms with Crippen LogP contribution in [-0.4, -0.2) is 15.3 Å². The number of hydrogen-bond donors (Lipinski definition) is 0. The Morgan fingerprint density at radius 3 is 3.05 bits per heavy atom. The first kappa shape index (κ1) is 12.7. The second-order valence-corrected chi connectivity index (χ2v) is 6.31. The Bertz CT molecular complexity index is 536. The molecule has 19 heavy (non-hydrogen) atoms. The van der Waals surface area contributed by atoms with Gasteiger partial charge in [-0.15, -0.1) is 11.3 Å². The fraction of sp³-hybridized carbons (Fsp3) is 0.385. The number of oxazole rings is 1. The van der Waals surface area contributed by atoms with Crippen LogP contribution in [0.5, 0.6) is 0 Å². The molecule has 0 spiro atoms. The predicted octanol–water partition coefficient (Wildman–Crippen LogP) is 4.00. The summed E-state index contributed by atoms with van der Waals surface area (Å²) in [7, 11) is 0. The molecule has 1 radical (unpaired) electrons. The van der Waals surface area contributed by atoms with Crippen molar-refractivity contribution in [3.63, 3.8) is 0 Å². The normalized spacial score (nSPS) is 18.9. The first-order chi connectivity index (χ1) is 9.38. The predicted molar refractivity (Wildman–Crippen MR) is 78.7 cm³/mol. The van der Waals surface area contributed by atoms with Crippen molar-refractivity contribution in [1.29, 1.82) is 0 Å². The molecule has 0 aliphatic carbocycles. The lowest BCUT2D eigenvalue weighted by Gasteiger charge is -2.20. The lowest BCUT2D eigenvalue weighted by Crippen LogP contribution is -2.23. The summed E-state index contributed by atoms with van der Waals surface area (Å²) in [6.07, 6.45) is 12.0. The van der Waals surface area contributed by atoms with E-state index in [2.05, 4.69) is 28.0 Å². The van der Waals surface area contributed by atoms with Crippen LogP contribution >= 0.6 is 23.1 Å². The van der Waals surface area contributed by atoms with Gasteiger partial charge in [0.05, 0.1) is 33.1 Å². The molecule has 0 fully saturated rings. The van der Waals surface area contributed by atoms with Gasteiger partial charge in [-0.2, -0.15) is 0 Å². The Morgan fingerprint density at radius 2 is 2.37 bits per heavy atom. The number of nitrogens with zero attached hydrogens (tertiary/aromatic N) is 3. The minimum atomic E-state index is 0.338. The van der Waals surface area contributed by atoms with Gasteiger partial charge in [-0.25, -0.2) is 4.98 Å². The fourth-order valence-electron chi connectivity index (χ4n) is 1.93. The van der Waals surface area contributed by atoms with Crippen LogP contribution in [0.15, 0.2) is 28.7 Å². The minimum Gasteiger partial charge on any atom is -0.428 e. The maximum Gasteiger partial charge on any atom is 0.221 e.